The van der Waals surface area contributed by atoms with Gasteiger partial charge in [-0.25, -0.2) is 9.97 Å². The summed E-state index contributed by atoms with van der Waals surface area (Å²) in [4.78, 5) is 9.40. The smallest absolute Gasteiger partial charge is 0.231 e. The molecule has 0 radical (unpaired) electrons. The average molecular weight is 298 g/mol. The number of aliphatic hydroxyl groups is 1. The number of rotatable bonds is 2. The van der Waals surface area contributed by atoms with E-state index in [-0.39, 0.29) is 6.10 Å². The Kier molecular flexibility index (Phi) is 3.09. The lowest BCUT2D eigenvalue weighted by molar-refractivity contribution is 0.156. The molecule has 5 heteroatoms. The lowest BCUT2D eigenvalue weighted by Gasteiger charge is -2.23. The Morgan fingerprint density at radius 1 is 1.24 bits per heavy atom. The largest absolute Gasteiger partial charge is 0.438 e. The van der Waals surface area contributed by atoms with Gasteiger partial charge in [0, 0.05) is 5.56 Å². The Morgan fingerprint density at radius 3 is 3.14 bits per heavy atom. The van der Waals surface area contributed by atoms with E-state index in [4.69, 9.17) is 4.74 Å². The number of aliphatic hydroxyl groups excluding tert-OH is 1. The molecule has 2 heterocycles. The topological polar surface area (TPSA) is 55.2 Å². The molecule has 4 rings (SSSR count). The lowest BCUT2D eigenvalue weighted by Crippen LogP contribution is -2.10. The summed E-state index contributed by atoms with van der Waals surface area (Å²) in [6.07, 6.45) is 3.87. The van der Waals surface area contributed by atoms with Crippen molar-refractivity contribution in [3.63, 3.8) is 0 Å². The number of fused-ring (bicyclic) bond motifs is 2. The second kappa shape index (κ2) is 5.09. The molecular weight excluding hydrogens is 284 g/mol. The Bertz CT molecular complexity index is 800. The van der Waals surface area contributed by atoms with E-state index < -0.39 is 0 Å². The fraction of sp³-hybridized carbons (Fsp3) is 0.250. The molecule has 0 aliphatic heterocycles. The van der Waals surface area contributed by atoms with Crippen molar-refractivity contribution in [2.24, 2.45) is 0 Å². The van der Waals surface area contributed by atoms with Gasteiger partial charge in [0.25, 0.3) is 0 Å². The van der Waals surface area contributed by atoms with Gasteiger partial charge in [0.05, 0.1) is 11.5 Å². The molecule has 0 saturated carbocycles. The number of ether oxygens (including phenoxy) is 1. The van der Waals surface area contributed by atoms with Crippen molar-refractivity contribution >= 4 is 21.6 Å². The van der Waals surface area contributed by atoms with Crippen LogP contribution in [0, 0.1) is 0 Å². The number of hydrogen-bond acceptors (Lipinski definition) is 5. The predicted molar refractivity (Wildman–Crippen MR) is 81.8 cm³/mol. The van der Waals surface area contributed by atoms with Crippen LogP contribution in [-0.4, -0.2) is 15.1 Å². The van der Waals surface area contributed by atoms with Crippen LogP contribution >= 0.6 is 11.3 Å². The molecule has 0 spiro atoms. The van der Waals surface area contributed by atoms with E-state index in [9.17, 15) is 5.11 Å². The van der Waals surface area contributed by atoms with Crippen molar-refractivity contribution in [3.8, 4) is 11.6 Å². The molecule has 1 aliphatic rings. The standard InChI is InChI=1S/C16H14N2O2S/c19-13-5-1-4-11-10(13)3-2-6-14(11)20-15-12-7-8-21-16(12)18-9-17-15/h2-3,6-9,13,19H,1,4-5H2/t13-/m0/s1. The third-order valence-corrected chi connectivity index (χ3v) is 4.69. The Morgan fingerprint density at radius 2 is 2.19 bits per heavy atom. The molecule has 0 saturated heterocycles. The van der Waals surface area contributed by atoms with Crippen LogP contribution in [0.4, 0.5) is 0 Å². The highest BCUT2D eigenvalue weighted by Gasteiger charge is 2.21. The van der Waals surface area contributed by atoms with E-state index in [2.05, 4.69) is 9.97 Å². The van der Waals surface area contributed by atoms with Gasteiger partial charge in [-0.3, -0.25) is 0 Å². The number of thiophene rings is 1. The van der Waals surface area contributed by atoms with E-state index in [1.165, 1.54) is 6.33 Å². The number of nitrogens with zero attached hydrogens (tertiary/aromatic N) is 2. The van der Waals surface area contributed by atoms with Crippen molar-refractivity contribution in [3.05, 3.63) is 47.1 Å². The van der Waals surface area contributed by atoms with Gasteiger partial charge in [0.2, 0.25) is 5.88 Å². The van der Waals surface area contributed by atoms with Gasteiger partial charge in [-0.2, -0.15) is 0 Å². The average Bonchev–Trinajstić information content (AvgIpc) is 2.98. The van der Waals surface area contributed by atoms with Crippen LogP contribution in [0.5, 0.6) is 11.6 Å². The van der Waals surface area contributed by atoms with Crippen molar-refractivity contribution in [2.75, 3.05) is 0 Å². The molecule has 21 heavy (non-hydrogen) atoms. The highest BCUT2D eigenvalue weighted by molar-refractivity contribution is 7.16. The lowest BCUT2D eigenvalue weighted by atomic mass is 9.89. The maximum Gasteiger partial charge on any atom is 0.231 e. The normalized spacial score (nSPS) is 17.7. The fourth-order valence-corrected chi connectivity index (χ4v) is 3.56. The first-order chi connectivity index (χ1) is 10.3. The van der Waals surface area contributed by atoms with Crippen molar-refractivity contribution in [2.45, 2.75) is 25.4 Å². The van der Waals surface area contributed by atoms with Gasteiger partial charge in [-0.1, -0.05) is 12.1 Å². The molecule has 2 aromatic heterocycles. The van der Waals surface area contributed by atoms with Gasteiger partial charge in [0.15, 0.2) is 0 Å². The number of aromatic nitrogens is 2. The quantitative estimate of drug-likeness (QED) is 0.780. The SMILES string of the molecule is O[C@H]1CCCc2c(Oc3ncnc4sccc34)cccc21. The maximum atomic E-state index is 10.1. The highest BCUT2D eigenvalue weighted by Crippen LogP contribution is 2.38. The molecule has 1 atom stereocenters. The van der Waals surface area contributed by atoms with Gasteiger partial charge in [0.1, 0.15) is 16.9 Å². The summed E-state index contributed by atoms with van der Waals surface area (Å²) in [6.45, 7) is 0. The zero-order valence-corrected chi connectivity index (χ0v) is 12.1. The second-order valence-electron chi connectivity index (χ2n) is 5.15. The Balaban J connectivity index is 1.78. The summed E-state index contributed by atoms with van der Waals surface area (Å²) in [5.74, 6) is 1.37. The highest BCUT2D eigenvalue weighted by atomic mass is 32.1. The molecule has 0 unspecified atom stereocenters. The Hall–Kier alpha value is -1.98. The van der Waals surface area contributed by atoms with Crippen LogP contribution in [0.2, 0.25) is 0 Å². The van der Waals surface area contributed by atoms with E-state index in [1.807, 2.05) is 29.6 Å². The molecule has 4 nitrogen and oxygen atoms in total. The van der Waals surface area contributed by atoms with E-state index in [1.54, 1.807) is 11.3 Å². The summed E-state index contributed by atoms with van der Waals surface area (Å²) in [5, 5.41) is 13.0. The van der Waals surface area contributed by atoms with E-state index >= 15 is 0 Å². The molecule has 1 aromatic carbocycles. The van der Waals surface area contributed by atoms with Crippen LogP contribution in [0.15, 0.2) is 36.0 Å². The molecule has 1 aliphatic carbocycles. The van der Waals surface area contributed by atoms with Gasteiger partial charge < -0.3 is 9.84 Å². The zero-order chi connectivity index (χ0) is 14.2. The summed E-state index contributed by atoms with van der Waals surface area (Å²) in [5.41, 5.74) is 2.08. The van der Waals surface area contributed by atoms with Crippen LogP contribution in [-0.2, 0) is 6.42 Å². The van der Waals surface area contributed by atoms with Crippen LogP contribution in [0.25, 0.3) is 10.2 Å². The molecule has 106 valence electrons. The van der Waals surface area contributed by atoms with Crippen molar-refractivity contribution in [1.29, 1.82) is 0 Å². The Labute approximate surface area is 126 Å². The van der Waals surface area contributed by atoms with Crippen LogP contribution < -0.4 is 4.74 Å². The predicted octanol–water partition coefficient (Wildman–Crippen LogP) is 3.85. The van der Waals surface area contributed by atoms with E-state index in [0.29, 0.717) is 5.88 Å². The first-order valence-electron chi connectivity index (χ1n) is 6.99. The third-order valence-electron chi connectivity index (χ3n) is 3.86. The van der Waals surface area contributed by atoms with Gasteiger partial charge in [-0.15, -0.1) is 11.3 Å². The second-order valence-corrected chi connectivity index (χ2v) is 6.05. The minimum Gasteiger partial charge on any atom is -0.438 e. The van der Waals surface area contributed by atoms with E-state index in [0.717, 1.165) is 46.4 Å². The fourth-order valence-electron chi connectivity index (χ4n) is 2.84. The monoisotopic (exact) mass is 298 g/mol. The minimum atomic E-state index is -0.385. The molecular formula is C16H14N2O2S. The number of benzene rings is 1. The van der Waals surface area contributed by atoms with Gasteiger partial charge >= 0.3 is 0 Å². The van der Waals surface area contributed by atoms with Gasteiger partial charge in [-0.05, 0) is 42.3 Å². The summed E-state index contributed by atoms with van der Waals surface area (Å²) < 4.78 is 6.04. The summed E-state index contributed by atoms with van der Waals surface area (Å²) in [7, 11) is 0. The first kappa shape index (κ1) is 12.7. The molecule has 3 aromatic rings. The maximum absolute atomic E-state index is 10.1. The zero-order valence-electron chi connectivity index (χ0n) is 11.3. The van der Waals surface area contributed by atoms with Crippen LogP contribution in [0.3, 0.4) is 0 Å². The molecule has 0 fully saturated rings. The van der Waals surface area contributed by atoms with Crippen LogP contribution in [0.1, 0.15) is 30.1 Å². The summed E-state index contributed by atoms with van der Waals surface area (Å²) >= 11 is 1.57. The van der Waals surface area contributed by atoms with Crippen molar-refractivity contribution < 1.29 is 9.84 Å². The van der Waals surface area contributed by atoms with Crippen molar-refractivity contribution in [1.82, 2.24) is 9.97 Å². The third kappa shape index (κ3) is 2.18. The number of hydrogen-bond donors (Lipinski definition) is 1. The minimum absolute atomic E-state index is 0.385. The molecule has 1 N–H and O–H groups in total. The summed E-state index contributed by atoms with van der Waals surface area (Å²) in [6, 6.07) is 7.82. The molecule has 0 bridgehead atoms. The molecule has 0 amide bonds. The first-order valence-corrected chi connectivity index (χ1v) is 7.87.